The number of hydrogen-bond acceptors (Lipinski definition) is 4. The molecule has 2 rings (SSSR count). The van der Waals surface area contributed by atoms with Gasteiger partial charge in [0, 0.05) is 12.0 Å². The second-order valence-electron chi connectivity index (χ2n) is 6.76. The third-order valence-corrected chi connectivity index (χ3v) is 4.36. The number of hydrogen-bond donors (Lipinski definition) is 1. The molecule has 2 aromatic carbocycles. The van der Waals surface area contributed by atoms with Gasteiger partial charge in [-0.25, -0.2) is 0 Å². The predicted octanol–water partition coefficient (Wildman–Crippen LogP) is 3.39. The quantitative estimate of drug-likeness (QED) is 0.775. The zero-order chi connectivity index (χ0) is 19.2. The topological polar surface area (TPSA) is 93.2 Å². The van der Waals surface area contributed by atoms with Gasteiger partial charge in [0.15, 0.2) is 0 Å². The summed E-state index contributed by atoms with van der Waals surface area (Å²) >= 11 is 0. The van der Waals surface area contributed by atoms with Gasteiger partial charge in [-0.15, -0.1) is 0 Å². The molecule has 0 saturated carbocycles. The van der Waals surface area contributed by atoms with E-state index in [1.54, 1.807) is 24.3 Å². The Morgan fingerprint density at radius 2 is 1.73 bits per heavy atom. The zero-order valence-electron chi connectivity index (χ0n) is 14.9. The number of primary amides is 1. The molecule has 26 heavy (non-hydrogen) atoms. The number of rotatable bonds is 7. The Hall–Kier alpha value is -3.13. The molecule has 0 saturated heterocycles. The van der Waals surface area contributed by atoms with Gasteiger partial charge in [-0.1, -0.05) is 56.3 Å². The monoisotopic (exact) mass is 350 g/mol. The third kappa shape index (κ3) is 4.93. The largest absolute Gasteiger partial charge is 0.447 e. The summed E-state index contributed by atoms with van der Waals surface area (Å²) in [6.07, 6.45) is -0.411. The SMILES string of the molecule is CC(C)(CCC(=O)OC(C(N)=O)c1ccc(C#N)cc1)c1ccccc1. The van der Waals surface area contributed by atoms with E-state index in [0.29, 0.717) is 17.5 Å². The summed E-state index contributed by atoms with van der Waals surface area (Å²) in [5.74, 6) is -1.23. The average Bonchev–Trinajstić information content (AvgIpc) is 2.65. The standard InChI is InChI=1S/C21H22N2O3/c1-21(2,17-6-4-3-5-7-17)13-12-18(24)26-19(20(23)25)16-10-8-15(14-22)9-11-16/h3-11,19H,12-13H2,1-2H3,(H2,23,25). The summed E-state index contributed by atoms with van der Waals surface area (Å²) in [6, 6.07) is 18.1. The van der Waals surface area contributed by atoms with E-state index in [9.17, 15) is 9.59 Å². The van der Waals surface area contributed by atoms with Crippen LogP contribution in [0.4, 0.5) is 0 Å². The summed E-state index contributed by atoms with van der Waals surface area (Å²) in [5, 5.41) is 8.83. The van der Waals surface area contributed by atoms with Gasteiger partial charge in [0.1, 0.15) is 0 Å². The Morgan fingerprint density at radius 3 is 2.27 bits per heavy atom. The van der Waals surface area contributed by atoms with Gasteiger partial charge in [0.2, 0.25) is 6.10 Å². The van der Waals surface area contributed by atoms with Gasteiger partial charge < -0.3 is 10.5 Å². The smallest absolute Gasteiger partial charge is 0.306 e. The van der Waals surface area contributed by atoms with E-state index < -0.39 is 18.0 Å². The molecule has 0 aliphatic carbocycles. The average molecular weight is 350 g/mol. The molecule has 0 heterocycles. The van der Waals surface area contributed by atoms with Crippen molar-refractivity contribution in [3.63, 3.8) is 0 Å². The molecule has 1 amide bonds. The van der Waals surface area contributed by atoms with Crippen molar-refractivity contribution in [2.24, 2.45) is 5.73 Å². The lowest BCUT2D eigenvalue weighted by molar-refractivity contribution is -0.155. The highest BCUT2D eigenvalue weighted by Gasteiger charge is 2.26. The molecule has 134 valence electrons. The molecule has 2 N–H and O–H groups in total. The van der Waals surface area contributed by atoms with Crippen LogP contribution in [0.15, 0.2) is 54.6 Å². The minimum absolute atomic E-state index is 0.169. The molecule has 0 aliphatic rings. The maximum atomic E-state index is 12.2. The molecule has 0 spiro atoms. The number of nitrogens with two attached hydrogens (primary N) is 1. The van der Waals surface area contributed by atoms with Crippen LogP contribution in [-0.2, 0) is 19.7 Å². The number of esters is 1. The Balaban J connectivity index is 2.01. The van der Waals surface area contributed by atoms with E-state index in [1.165, 1.54) is 0 Å². The van der Waals surface area contributed by atoms with Crippen LogP contribution in [0.5, 0.6) is 0 Å². The zero-order valence-corrected chi connectivity index (χ0v) is 14.9. The van der Waals surface area contributed by atoms with Crippen LogP contribution in [0.25, 0.3) is 0 Å². The predicted molar refractivity (Wildman–Crippen MR) is 97.9 cm³/mol. The van der Waals surface area contributed by atoms with Crippen LogP contribution in [0.3, 0.4) is 0 Å². The van der Waals surface area contributed by atoms with Crippen LogP contribution < -0.4 is 5.73 Å². The molecule has 0 radical (unpaired) electrons. The molecule has 5 nitrogen and oxygen atoms in total. The molecular formula is C21H22N2O3. The molecule has 0 bridgehead atoms. The Kier molecular flexibility index (Phi) is 6.13. The van der Waals surface area contributed by atoms with E-state index in [0.717, 1.165) is 5.56 Å². The van der Waals surface area contributed by atoms with Crippen LogP contribution in [0.2, 0.25) is 0 Å². The van der Waals surface area contributed by atoms with Crippen molar-refractivity contribution >= 4 is 11.9 Å². The molecule has 1 unspecified atom stereocenters. The van der Waals surface area contributed by atoms with Crippen molar-refractivity contribution in [1.29, 1.82) is 5.26 Å². The van der Waals surface area contributed by atoms with Crippen LogP contribution in [0, 0.1) is 11.3 Å². The number of carbonyl (C=O) groups is 2. The van der Waals surface area contributed by atoms with Gasteiger partial charge in [-0.2, -0.15) is 5.26 Å². The number of carbonyl (C=O) groups excluding carboxylic acids is 2. The number of benzene rings is 2. The van der Waals surface area contributed by atoms with Crippen molar-refractivity contribution in [1.82, 2.24) is 0 Å². The lowest BCUT2D eigenvalue weighted by Gasteiger charge is -2.25. The summed E-state index contributed by atoms with van der Waals surface area (Å²) in [5.41, 5.74) is 7.22. The van der Waals surface area contributed by atoms with Crippen molar-refractivity contribution in [3.05, 3.63) is 71.3 Å². The molecule has 0 fully saturated rings. The van der Waals surface area contributed by atoms with Crippen LogP contribution >= 0.6 is 0 Å². The number of nitrogens with zero attached hydrogens (tertiary/aromatic N) is 1. The Labute approximate surface area is 153 Å². The van der Waals surface area contributed by atoms with E-state index in [1.807, 2.05) is 36.4 Å². The fourth-order valence-electron chi connectivity index (χ4n) is 2.66. The maximum Gasteiger partial charge on any atom is 0.306 e. The first-order chi connectivity index (χ1) is 12.3. The summed E-state index contributed by atoms with van der Waals surface area (Å²) in [4.78, 5) is 23.9. The Bertz CT molecular complexity index is 805. The number of amides is 1. The minimum Gasteiger partial charge on any atom is -0.447 e. The van der Waals surface area contributed by atoms with E-state index in [4.69, 9.17) is 15.7 Å². The third-order valence-electron chi connectivity index (χ3n) is 4.36. The second kappa shape index (κ2) is 8.30. The molecule has 5 heteroatoms. The van der Waals surface area contributed by atoms with Crippen molar-refractivity contribution < 1.29 is 14.3 Å². The lowest BCUT2D eigenvalue weighted by atomic mass is 9.80. The van der Waals surface area contributed by atoms with Crippen LogP contribution in [-0.4, -0.2) is 11.9 Å². The summed E-state index contributed by atoms with van der Waals surface area (Å²) in [7, 11) is 0. The fraction of sp³-hybridized carbons (Fsp3) is 0.286. The molecule has 0 aliphatic heterocycles. The first-order valence-corrected chi connectivity index (χ1v) is 8.38. The Morgan fingerprint density at radius 1 is 1.12 bits per heavy atom. The van der Waals surface area contributed by atoms with Gasteiger partial charge in [0.25, 0.3) is 5.91 Å². The van der Waals surface area contributed by atoms with Gasteiger partial charge in [0.05, 0.1) is 11.6 Å². The van der Waals surface area contributed by atoms with E-state index >= 15 is 0 Å². The van der Waals surface area contributed by atoms with Crippen molar-refractivity contribution in [2.75, 3.05) is 0 Å². The highest BCUT2D eigenvalue weighted by Crippen LogP contribution is 2.29. The molecular weight excluding hydrogens is 328 g/mol. The summed E-state index contributed by atoms with van der Waals surface area (Å²) in [6.45, 7) is 4.11. The first-order valence-electron chi connectivity index (χ1n) is 8.38. The first kappa shape index (κ1) is 19.2. The molecule has 1 atom stereocenters. The molecule has 2 aromatic rings. The minimum atomic E-state index is -1.16. The van der Waals surface area contributed by atoms with E-state index in [2.05, 4.69) is 13.8 Å². The summed E-state index contributed by atoms with van der Waals surface area (Å²) < 4.78 is 5.31. The van der Waals surface area contributed by atoms with Gasteiger partial charge in [-0.05, 0) is 29.5 Å². The van der Waals surface area contributed by atoms with E-state index in [-0.39, 0.29) is 11.8 Å². The normalized spacial score (nSPS) is 12.0. The highest BCUT2D eigenvalue weighted by molar-refractivity contribution is 5.83. The fourth-order valence-corrected chi connectivity index (χ4v) is 2.66. The number of ether oxygens (including phenoxy) is 1. The highest BCUT2D eigenvalue weighted by atomic mass is 16.5. The van der Waals surface area contributed by atoms with Gasteiger partial charge in [-0.3, -0.25) is 9.59 Å². The van der Waals surface area contributed by atoms with Crippen LogP contribution in [0.1, 0.15) is 49.5 Å². The number of nitriles is 1. The maximum absolute atomic E-state index is 12.2. The molecule has 0 aromatic heterocycles. The lowest BCUT2D eigenvalue weighted by Crippen LogP contribution is -2.27. The van der Waals surface area contributed by atoms with Crippen molar-refractivity contribution in [2.45, 2.75) is 38.2 Å². The van der Waals surface area contributed by atoms with Gasteiger partial charge >= 0.3 is 5.97 Å². The second-order valence-corrected chi connectivity index (χ2v) is 6.76. The van der Waals surface area contributed by atoms with Crippen molar-refractivity contribution in [3.8, 4) is 6.07 Å².